The first-order chi connectivity index (χ1) is 16.5. The Kier molecular flexibility index (Phi) is 7.74. The zero-order valence-corrected chi connectivity index (χ0v) is 20.8. The largest absolute Gasteiger partial charge is 0.378 e. The van der Waals surface area contributed by atoms with E-state index in [-0.39, 0.29) is 11.6 Å². The van der Waals surface area contributed by atoms with Crippen LogP contribution in [0.15, 0.2) is 46.5 Å². The van der Waals surface area contributed by atoms with Crippen LogP contribution in [0.3, 0.4) is 0 Å². The molecule has 8 nitrogen and oxygen atoms in total. The van der Waals surface area contributed by atoms with E-state index in [9.17, 15) is 4.79 Å². The van der Waals surface area contributed by atoms with Gasteiger partial charge in [-0.15, -0.1) is 0 Å². The Bertz CT molecular complexity index is 1140. The maximum Gasteiger partial charge on any atom is 0.273 e. The summed E-state index contributed by atoms with van der Waals surface area (Å²) < 4.78 is 6.52. The van der Waals surface area contributed by atoms with Gasteiger partial charge in [0.25, 0.3) is 5.91 Å². The van der Waals surface area contributed by atoms with Gasteiger partial charge in [-0.05, 0) is 38.3 Å². The normalized spacial score (nSPS) is 17.4. The first-order valence-corrected chi connectivity index (χ1v) is 12.5. The number of aliphatic imine (C=N–C) groups is 2. The molecule has 2 saturated heterocycles. The molecule has 0 bridgehead atoms. The number of ether oxygens (including phenoxy) is 1. The standard InChI is InChI=1S/C25H32N6O2S/c1-17(16-26-4)18(2)27-19(3)24(32)28-20-15-23-21(14-22(20)30-8-6-5-7-9-30)29-25(34-23)31-10-12-33-13-11-31/h14-16H,1,3,5-13H2,2,4H3,(H,28,32). The highest BCUT2D eigenvalue weighted by Crippen LogP contribution is 2.38. The van der Waals surface area contributed by atoms with Crippen molar-refractivity contribution in [3.8, 4) is 0 Å². The van der Waals surface area contributed by atoms with E-state index in [1.165, 1.54) is 6.42 Å². The van der Waals surface area contributed by atoms with Crippen LogP contribution in [-0.2, 0) is 9.53 Å². The summed E-state index contributed by atoms with van der Waals surface area (Å²) in [4.78, 5) is 30.8. The fraction of sp³-hybridized carbons (Fsp3) is 0.440. The number of nitrogens with one attached hydrogen (secondary N) is 1. The van der Waals surface area contributed by atoms with Crippen molar-refractivity contribution in [3.05, 3.63) is 36.6 Å². The first kappa shape index (κ1) is 24.1. The second kappa shape index (κ2) is 10.9. The molecule has 0 unspecified atom stereocenters. The number of benzene rings is 1. The molecule has 2 aromatic rings. The predicted octanol–water partition coefficient (Wildman–Crippen LogP) is 4.29. The van der Waals surface area contributed by atoms with E-state index in [4.69, 9.17) is 9.72 Å². The van der Waals surface area contributed by atoms with Gasteiger partial charge >= 0.3 is 0 Å². The first-order valence-electron chi connectivity index (χ1n) is 11.7. The maximum atomic E-state index is 13.0. The molecule has 2 aliphatic heterocycles. The van der Waals surface area contributed by atoms with Gasteiger partial charge in [0.1, 0.15) is 5.70 Å². The lowest BCUT2D eigenvalue weighted by Gasteiger charge is -2.30. The van der Waals surface area contributed by atoms with Gasteiger partial charge in [-0.2, -0.15) is 0 Å². The molecule has 0 saturated carbocycles. The lowest BCUT2D eigenvalue weighted by molar-refractivity contribution is -0.112. The van der Waals surface area contributed by atoms with Crippen molar-refractivity contribution in [2.75, 3.05) is 61.6 Å². The molecule has 1 aromatic carbocycles. The number of morpholine rings is 1. The summed E-state index contributed by atoms with van der Waals surface area (Å²) in [5.41, 5.74) is 4.09. The van der Waals surface area contributed by atoms with E-state index in [2.05, 4.69) is 44.3 Å². The zero-order chi connectivity index (χ0) is 24.1. The number of carbonyl (C=O) groups excluding carboxylic acids is 1. The van der Waals surface area contributed by atoms with Crippen molar-refractivity contribution >= 4 is 55.9 Å². The summed E-state index contributed by atoms with van der Waals surface area (Å²) in [5, 5.41) is 4.05. The topological polar surface area (TPSA) is 82.4 Å². The number of thiazole rings is 1. The highest BCUT2D eigenvalue weighted by molar-refractivity contribution is 7.22. The monoisotopic (exact) mass is 480 g/mol. The molecule has 0 radical (unpaired) electrons. The van der Waals surface area contributed by atoms with Crippen LogP contribution in [0.1, 0.15) is 26.2 Å². The SMILES string of the molecule is C=C(C=NC)C(C)=NC(=C)C(=O)Nc1cc2sc(N3CCOCC3)nc2cc1N1CCCCC1. The third kappa shape index (κ3) is 5.53. The summed E-state index contributed by atoms with van der Waals surface area (Å²) in [5.74, 6) is -0.337. The van der Waals surface area contributed by atoms with E-state index >= 15 is 0 Å². The summed E-state index contributed by atoms with van der Waals surface area (Å²) in [7, 11) is 1.67. The number of hydrogen-bond acceptors (Lipinski definition) is 8. The van der Waals surface area contributed by atoms with Gasteiger partial charge in [-0.3, -0.25) is 9.79 Å². The number of piperidine rings is 1. The van der Waals surface area contributed by atoms with Crippen LogP contribution in [0, 0.1) is 0 Å². The van der Waals surface area contributed by atoms with Gasteiger partial charge < -0.3 is 19.9 Å². The Balaban J connectivity index is 1.63. The van der Waals surface area contributed by atoms with Crippen molar-refractivity contribution in [2.24, 2.45) is 9.98 Å². The van der Waals surface area contributed by atoms with E-state index in [1.54, 1.807) is 31.5 Å². The molecule has 3 heterocycles. The van der Waals surface area contributed by atoms with Gasteiger partial charge in [0.2, 0.25) is 0 Å². The number of anilines is 3. The van der Waals surface area contributed by atoms with E-state index < -0.39 is 0 Å². The number of nitrogens with zero attached hydrogens (tertiary/aromatic N) is 5. The third-order valence-corrected chi connectivity index (χ3v) is 7.11. The van der Waals surface area contributed by atoms with Crippen molar-refractivity contribution in [1.29, 1.82) is 0 Å². The van der Waals surface area contributed by atoms with Gasteiger partial charge in [-0.25, -0.2) is 9.98 Å². The highest BCUT2D eigenvalue weighted by Gasteiger charge is 2.21. The van der Waals surface area contributed by atoms with Crippen LogP contribution >= 0.6 is 11.3 Å². The number of hydrogen-bond donors (Lipinski definition) is 1. The molecule has 0 atom stereocenters. The van der Waals surface area contributed by atoms with E-state index in [1.807, 2.05) is 6.07 Å². The summed E-state index contributed by atoms with van der Waals surface area (Å²) in [6, 6.07) is 4.14. The second-order valence-electron chi connectivity index (χ2n) is 8.49. The fourth-order valence-corrected chi connectivity index (χ4v) is 5.14. The van der Waals surface area contributed by atoms with Crippen LogP contribution in [0.25, 0.3) is 10.2 Å². The van der Waals surface area contributed by atoms with Gasteiger partial charge in [-0.1, -0.05) is 24.5 Å². The minimum Gasteiger partial charge on any atom is -0.378 e. The smallest absolute Gasteiger partial charge is 0.273 e. The van der Waals surface area contributed by atoms with Crippen LogP contribution in [0.4, 0.5) is 16.5 Å². The Hall–Kier alpha value is -3.04. The van der Waals surface area contributed by atoms with Crippen molar-refractivity contribution in [3.63, 3.8) is 0 Å². The van der Waals surface area contributed by atoms with Crippen molar-refractivity contribution < 1.29 is 9.53 Å². The molecule has 180 valence electrons. The van der Waals surface area contributed by atoms with E-state index in [0.29, 0.717) is 11.3 Å². The Morgan fingerprint density at radius 2 is 1.88 bits per heavy atom. The second-order valence-corrected chi connectivity index (χ2v) is 9.50. The number of allylic oxidation sites excluding steroid dienone is 1. The molecule has 34 heavy (non-hydrogen) atoms. The van der Waals surface area contributed by atoms with Crippen LogP contribution in [0.5, 0.6) is 0 Å². The van der Waals surface area contributed by atoms with Gasteiger partial charge in [0.15, 0.2) is 5.13 Å². The Morgan fingerprint density at radius 3 is 2.59 bits per heavy atom. The lowest BCUT2D eigenvalue weighted by atomic mass is 10.1. The number of fused-ring (bicyclic) bond motifs is 1. The summed E-state index contributed by atoms with van der Waals surface area (Å²) in [6.07, 6.45) is 5.12. The minimum atomic E-state index is -0.337. The number of rotatable bonds is 7. The summed E-state index contributed by atoms with van der Waals surface area (Å²) in [6.45, 7) is 14.6. The molecule has 2 fully saturated rings. The maximum absolute atomic E-state index is 13.0. The molecule has 2 aliphatic rings. The molecule has 1 aromatic heterocycles. The number of aromatic nitrogens is 1. The average Bonchev–Trinajstić information content (AvgIpc) is 3.27. The number of amides is 1. The number of carbonyl (C=O) groups is 1. The average molecular weight is 481 g/mol. The molecule has 0 aliphatic carbocycles. The van der Waals surface area contributed by atoms with Crippen molar-refractivity contribution in [2.45, 2.75) is 26.2 Å². The van der Waals surface area contributed by atoms with Crippen LogP contribution < -0.4 is 15.1 Å². The molecule has 1 amide bonds. The molecule has 9 heteroatoms. The Morgan fingerprint density at radius 1 is 1.15 bits per heavy atom. The van der Waals surface area contributed by atoms with Gasteiger partial charge in [0, 0.05) is 50.7 Å². The molecule has 1 N–H and O–H groups in total. The Labute approximate surface area is 204 Å². The molecule has 4 rings (SSSR count). The van der Waals surface area contributed by atoms with Crippen LogP contribution in [0.2, 0.25) is 0 Å². The van der Waals surface area contributed by atoms with Crippen LogP contribution in [-0.4, -0.2) is 69.3 Å². The summed E-state index contributed by atoms with van der Waals surface area (Å²) >= 11 is 1.64. The minimum absolute atomic E-state index is 0.131. The highest BCUT2D eigenvalue weighted by atomic mass is 32.1. The fourth-order valence-electron chi connectivity index (χ4n) is 4.11. The lowest BCUT2D eigenvalue weighted by Crippen LogP contribution is -2.36. The molecular formula is C25H32N6O2S. The molecule has 0 spiro atoms. The predicted molar refractivity (Wildman–Crippen MR) is 143 cm³/mol. The zero-order valence-electron chi connectivity index (χ0n) is 20.0. The van der Waals surface area contributed by atoms with Crippen molar-refractivity contribution in [1.82, 2.24) is 4.98 Å². The third-order valence-electron chi connectivity index (χ3n) is 6.04. The van der Waals surface area contributed by atoms with E-state index in [0.717, 1.165) is 79.0 Å². The quantitative estimate of drug-likeness (QED) is 0.472. The van der Waals surface area contributed by atoms with Gasteiger partial charge in [0.05, 0.1) is 34.8 Å². The molecular weight excluding hydrogens is 448 g/mol.